The minimum Gasteiger partial charge on any atom is -0.490 e. The van der Waals surface area contributed by atoms with Crippen LogP contribution in [0, 0.1) is 6.92 Å². The summed E-state index contributed by atoms with van der Waals surface area (Å²) in [4.78, 5) is 12.8. The summed E-state index contributed by atoms with van der Waals surface area (Å²) in [5, 5.41) is 15.6. The second-order valence-corrected chi connectivity index (χ2v) is 6.80. The molecule has 4 aromatic rings. The highest BCUT2D eigenvalue weighted by atomic mass is 16.5. The normalized spacial score (nSPS) is 10.8. The summed E-state index contributed by atoms with van der Waals surface area (Å²) in [5.41, 5.74) is 3.46. The Labute approximate surface area is 179 Å². The van der Waals surface area contributed by atoms with Gasteiger partial charge in [-0.1, -0.05) is 12.1 Å². The maximum Gasteiger partial charge on any atom is 0.255 e. The number of amides is 1. The van der Waals surface area contributed by atoms with Crippen LogP contribution in [0.4, 0.5) is 5.69 Å². The molecule has 0 saturated carbocycles. The van der Waals surface area contributed by atoms with Crippen LogP contribution < -0.4 is 14.8 Å². The zero-order valence-corrected chi connectivity index (χ0v) is 17.6. The molecule has 4 rings (SSSR count). The third kappa shape index (κ3) is 4.32. The van der Waals surface area contributed by atoms with Crippen LogP contribution in [0.15, 0.2) is 54.6 Å². The number of anilines is 1. The fourth-order valence-corrected chi connectivity index (χ4v) is 3.20. The van der Waals surface area contributed by atoms with Crippen molar-refractivity contribution in [2.75, 3.05) is 18.5 Å². The van der Waals surface area contributed by atoms with Crippen molar-refractivity contribution < 1.29 is 14.3 Å². The average molecular weight is 417 g/mol. The maximum atomic E-state index is 12.8. The van der Waals surface area contributed by atoms with Crippen molar-refractivity contribution in [2.45, 2.75) is 20.8 Å². The van der Waals surface area contributed by atoms with Gasteiger partial charge in [0.1, 0.15) is 0 Å². The van der Waals surface area contributed by atoms with Gasteiger partial charge < -0.3 is 14.8 Å². The molecule has 1 N–H and O–H groups in total. The first kappa shape index (κ1) is 20.3. The molecule has 0 radical (unpaired) electrons. The number of nitrogens with zero attached hydrogens (tertiary/aromatic N) is 4. The van der Waals surface area contributed by atoms with Crippen LogP contribution >= 0.6 is 0 Å². The molecule has 0 spiro atoms. The number of hydrogen-bond donors (Lipinski definition) is 1. The molecule has 2 aromatic carbocycles. The van der Waals surface area contributed by atoms with Gasteiger partial charge >= 0.3 is 0 Å². The minimum absolute atomic E-state index is 0.237. The van der Waals surface area contributed by atoms with Gasteiger partial charge in [-0.05, 0) is 63.2 Å². The lowest BCUT2D eigenvalue weighted by atomic mass is 10.1. The van der Waals surface area contributed by atoms with Gasteiger partial charge in [0, 0.05) is 16.8 Å². The Hall–Kier alpha value is -3.94. The molecule has 2 aromatic heterocycles. The van der Waals surface area contributed by atoms with Gasteiger partial charge in [0.25, 0.3) is 5.91 Å². The summed E-state index contributed by atoms with van der Waals surface area (Å²) in [7, 11) is 0. The first-order valence-corrected chi connectivity index (χ1v) is 10.1. The maximum absolute atomic E-state index is 12.8. The number of fused-ring (bicyclic) bond motifs is 1. The number of rotatable bonds is 7. The van der Waals surface area contributed by atoms with Gasteiger partial charge in [-0.15, -0.1) is 10.2 Å². The van der Waals surface area contributed by atoms with Crippen molar-refractivity contribution in [3.63, 3.8) is 0 Å². The van der Waals surface area contributed by atoms with Crippen LogP contribution in [0.2, 0.25) is 0 Å². The van der Waals surface area contributed by atoms with Gasteiger partial charge in [0.15, 0.2) is 23.0 Å². The summed E-state index contributed by atoms with van der Waals surface area (Å²) in [6, 6.07) is 16.4. The molecule has 0 atom stereocenters. The third-order valence-electron chi connectivity index (χ3n) is 4.64. The lowest BCUT2D eigenvalue weighted by Crippen LogP contribution is -2.12. The van der Waals surface area contributed by atoms with Crippen LogP contribution in [0.5, 0.6) is 11.5 Å². The van der Waals surface area contributed by atoms with Crippen molar-refractivity contribution in [3.8, 4) is 22.8 Å². The smallest absolute Gasteiger partial charge is 0.255 e. The molecule has 1 amide bonds. The molecule has 31 heavy (non-hydrogen) atoms. The van der Waals surface area contributed by atoms with Gasteiger partial charge in [-0.3, -0.25) is 4.79 Å². The molecule has 8 heteroatoms. The predicted molar refractivity (Wildman–Crippen MR) is 118 cm³/mol. The van der Waals surface area contributed by atoms with Gasteiger partial charge in [-0.2, -0.15) is 9.61 Å². The van der Waals surface area contributed by atoms with Gasteiger partial charge in [0.05, 0.1) is 18.9 Å². The van der Waals surface area contributed by atoms with Gasteiger partial charge in [-0.25, -0.2) is 0 Å². The first-order valence-electron chi connectivity index (χ1n) is 10.1. The molecule has 0 saturated heterocycles. The van der Waals surface area contributed by atoms with Crippen molar-refractivity contribution >= 4 is 17.2 Å². The number of carbonyl (C=O) groups is 1. The van der Waals surface area contributed by atoms with Crippen LogP contribution in [0.3, 0.4) is 0 Å². The fourth-order valence-electron chi connectivity index (χ4n) is 3.20. The highest BCUT2D eigenvalue weighted by Gasteiger charge is 2.13. The molecule has 8 nitrogen and oxygen atoms in total. The zero-order valence-electron chi connectivity index (χ0n) is 17.6. The summed E-state index contributed by atoms with van der Waals surface area (Å²) in [5.74, 6) is 1.64. The van der Waals surface area contributed by atoms with E-state index in [2.05, 4.69) is 20.6 Å². The van der Waals surface area contributed by atoms with E-state index in [-0.39, 0.29) is 5.91 Å². The highest BCUT2D eigenvalue weighted by Crippen LogP contribution is 2.29. The van der Waals surface area contributed by atoms with Crippen LogP contribution in [-0.4, -0.2) is 38.9 Å². The fraction of sp³-hybridized carbons (Fsp3) is 0.217. The Morgan fingerprint density at radius 1 is 0.968 bits per heavy atom. The highest BCUT2D eigenvalue weighted by molar-refractivity contribution is 6.04. The largest absolute Gasteiger partial charge is 0.490 e. The SMILES string of the molecule is CCOc1ccc(C(=O)Nc2cccc(-c3ccc4nnc(C)n4n3)c2)cc1OCC. The van der Waals surface area contributed by atoms with E-state index in [1.165, 1.54) is 0 Å². The molecular formula is C23H23N5O3. The van der Waals surface area contributed by atoms with E-state index in [0.717, 1.165) is 11.3 Å². The van der Waals surface area contributed by atoms with Crippen LogP contribution in [-0.2, 0) is 0 Å². The van der Waals surface area contributed by atoms with Crippen molar-refractivity contribution in [3.05, 3.63) is 66.0 Å². The second kappa shape index (κ2) is 8.83. The number of benzene rings is 2. The Morgan fingerprint density at radius 3 is 2.58 bits per heavy atom. The van der Waals surface area contributed by atoms with Crippen molar-refractivity contribution in [2.24, 2.45) is 0 Å². The molecule has 0 fully saturated rings. The Morgan fingerprint density at radius 2 is 1.77 bits per heavy atom. The first-order chi connectivity index (χ1) is 15.1. The molecule has 0 aliphatic rings. The van der Waals surface area contributed by atoms with E-state index in [4.69, 9.17) is 9.47 Å². The topological polar surface area (TPSA) is 90.6 Å². The van der Waals surface area contributed by atoms with E-state index >= 15 is 0 Å². The number of aromatic nitrogens is 4. The summed E-state index contributed by atoms with van der Waals surface area (Å²) in [6.45, 7) is 6.64. The molecule has 2 heterocycles. The molecule has 0 aliphatic carbocycles. The van der Waals surface area contributed by atoms with E-state index in [1.807, 2.05) is 57.2 Å². The van der Waals surface area contributed by atoms with E-state index < -0.39 is 0 Å². The average Bonchev–Trinajstić information content (AvgIpc) is 3.15. The van der Waals surface area contributed by atoms with E-state index in [9.17, 15) is 4.79 Å². The predicted octanol–water partition coefficient (Wildman–Crippen LogP) is 4.15. The molecule has 0 unspecified atom stereocenters. The summed E-state index contributed by atoms with van der Waals surface area (Å²) in [6.07, 6.45) is 0. The summed E-state index contributed by atoms with van der Waals surface area (Å²) < 4.78 is 12.9. The van der Waals surface area contributed by atoms with Crippen LogP contribution in [0.25, 0.3) is 16.9 Å². The van der Waals surface area contributed by atoms with E-state index in [0.29, 0.717) is 47.4 Å². The standard InChI is InChI=1S/C23H23N5O3/c1-4-30-20-11-9-17(14-21(20)31-5-2)23(29)24-18-8-6-7-16(13-18)19-10-12-22-26-25-15(3)28(22)27-19/h6-14H,4-5H2,1-3H3,(H,24,29). The number of hydrogen-bond acceptors (Lipinski definition) is 6. The molecule has 158 valence electrons. The molecular weight excluding hydrogens is 394 g/mol. The Balaban J connectivity index is 1.57. The Bertz CT molecular complexity index is 1240. The number of ether oxygens (including phenoxy) is 2. The quantitative estimate of drug-likeness (QED) is 0.486. The molecule has 0 aliphatic heterocycles. The molecule has 0 bridgehead atoms. The zero-order chi connectivity index (χ0) is 21.8. The Kier molecular flexibility index (Phi) is 5.79. The van der Waals surface area contributed by atoms with Crippen LogP contribution in [0.1, 0.15) is 30.0 Å². The lowest BCUT2D eigenvalue weighted by molar-refractivity contribution is 0.102. The minimum atomic E-state index is -0.237. The third-order valence-corrected chi connectivity index (χ3v) is 4.64. The lowest BCUT2D eigenvalue weighted by Gasteiger charge is -2.13. The number of aryl methyl sites for hydroxylation is 1. The van der Waals surface area contributed by atoms with Crippen molar-refractivity contribution in [1.29, 1.82) is 0 Å². The van der Waals surface area contributed by atoms with Crippen molar-refractivity contribution in [1.82, 2.24) is 19.8 Å². The number of nitrogens with one attached hydrogen (secondary N) is 1. The van der Waals surface area contributed by atoms with Gasteiger partial charge in [0.2, 0.25) is 0 Å². The number of carbonyl (C=O) groups excluding carboxylic acids is 1. The summed E-state index contributed by atoms with van der Waals surface area (Å²) >= 11 is 0. The van der Waals surface area contributed by atoms with E-state index in [1.54, 1.807) is 22.7 Å². The second-order valence-electron chi connectivity index (χ2n) is 6.80. The monoisotopic (exact) mass is 417 g/mol.